The normalized spacial score (nSPS) is 14.4. The summed E-state index contributed by atoms with van der Waals surface area (Å²) in [6.07, 6.45) is 4.53. The van der Waals surface area contributed by atoms with Crippen LogP contribution in [0.1, 0.15) is 51.4 Å². The van der Waals surface area contributed by atoms with E-state index in [1.54, 1.807) is 0 Å². The Kier molecular flexibility index (Phi) is 8.52. The first-order chi connectivity index (χ1) is 10.1. The van der Waals surface area contributed by atoms with Crippen molar-refractivity contribution in [1.29, 1.82) is 0 Å². The number of aromatic nitrogens is 2. The van der Waals surface area contributed by atoms with Gasteiger partial charge in [0.2, 0.25) is 0 Å². The van der Waals surface area contributed by atoms with Crippen LogP contribution in [0.3, 0.4) is 0 Å². The SMILES string of the molecule is CCCNC(Cc1c(Br)c(C)nn1CC)C(CCC)OC. The van der Waals surface area contributed by atoms with Crippen molar-refractivity contribution in [2.24, 2.45) is 0 Å². The largest absolute Gasteiger partial charge is 0.380 e. The van der Waals surface area contributed by atoms with Gasteiger partial charge in [-0.15, -0.1) is 0 Å². The minimum atomic E-state index is 0.244. The minimum absolute atomic E-state index is 0.244. The first-order valence-corrected chi connectivity index (χ1v) is 8.86. The molecule has 0 fully saturated rings. The molecule has 1 N–H and O–H groups in total. The molecule has 1 aromatic heterocycles. The van der Waals surface area contributed by atoms with Crippen molar-refractivity contribution >= 4 is 15.9 Å². The fourth-order valence-corrected chi connectivity index (χ4v) is 3.15. The first-order valence-electron chi connectivity index (χ1n) is 8.06. The minimum Gasteiger partial charge on any atom is -0.380 e. The average Bonchev–Trinajstić information content (AvgIpc) is 2.76. The molecule has 0 spiro atoms. The number of ether oxygens (including phenoxy) is 1. The molecule has 0 aliphatic rings. The van der Waals surface area contributed by atoms with Gasteiger partial charge in [-0.05, 0) is 49.2 Å². The van der Waals surface area contributed by atoms with E-state index in [2.05, 4.69) is 51.8 Å². The lowest BCUT2D eigenvalue weighted by molar-refractivity contribution is 0.0602. The summed E-state index contributed by atoms with van der Waals surface area (Å²) in [5.74, 6) is 0. The number of halogens is 1. The maximum Gasteiger partial charge on any atom is 0.0738 e. The Bertz CT molecular complexity index is 420. The summed E-state index contributed by atoms with van der Waals surface area (Å²) in [6.45, 7) is 10.5. The van der Waals surface area contributed by atoms with Crippen molar-refractivity contribution in [1.82, 2.24) is 15.1 Å². The van der Waals surface area contributed by atoms with Crippen LogP contribution in [0.25, 0.3) is 0 Å². The van der Waals surface area contributed by atoms with Gasteiger partial charge in [-0.3, -0.25) is 4.68 Å². The molecular weight excluding hydrogens is 330 g/mol. The van der Waals surface area contributed by atoms with E-state index < -0.39 is 0 Å². The summed E-state index contributed by atoms with van der Waals surface area (Å²) in [5, 5.41) is 8.25. The molecule has 0 saturated carbocycles. The molecule has 2 atom stereocenters. The van der Waals surface area contributed by atoms with Crippen molar-refractivity contribution in [3.05, 3.63) is 15.9 Å². The van der Waals surface area contributed by atoms with E-state index in [-0.39, 0.29) is 6.10 Å². The molecule has 0 aliphatic carbocycles. The lowest BCUT2D eigenvalue weighted by Gasteiger charge is -2.27. The second kappa shape index (κ2) is 9.59. The highest BCUT2D eigenvalue weighted by Crippen LogP contribution is 2.24. The summed E-state index contributed by atoms with van der Waals surface area (Å²) in [4.78, 5) is 0. The third-order valence-corrected chi connectivity index (χ3v) is 4.88. The van der Waals surface area contributed by atoms with Crippen molar-refractivity contribution in [3.63, 3.8) is 0 Å². The Balaban J connectivity index is 2.94. The van der Waals surface area contributed by atoms with Gasteiger partial charge in [-0.1, -0.05) is 20.3 Å². The molecule has 0 radical (unpaired) electrons. The van der Waals surface area contributed by atoms with Gasteiger partial charge < -0.3 is 10.1 Å². The molecule has 4 nitrogen and oxygen atoms in total. The van der Waals surface area contributed by atoms with E-state index in [0.29, 0.717) is 6.04 Å². The first kappa shape index (κ1) is 18.7. The molecule has 122 valence electrons. The molecule has 0 saturated heterocycles. The van der Waals surface area contributed by atoms with E-state index in [1.807, 2.05) is 14.0 Å². The van der Waals surface area contributed by atoms with Crippen LogP contribution < -0.4 is 5.32 Å². The zero-order chi connectivity index (χ0) is 15.8. The molecule has 1 aromatic rings. The summed E-state index contributed by atoms with van der Waals surface area (Å²) >= 11 is 3.70. The molecular formula is C16H30BrN3O. The molecule has 0 aromatic carbocycles. The number of hydrogen-bond donors (Lipinski definition) is 1. The maximum absolute atomic E-state index is 5.73. The molecule has 1 heterocycles. The van der Waals surface area contributed by atoms with Crippen molar-refractivity contribution in [2.45, 2.75) is 72.1 Å². The van der Waals surface area contributed by atoms with Crippen LogP contribution >= 0.6 is 15.9 Å². The number of hydrogen-bond acceptors (Lipinski definition) is 3. The lowest BCUT2D eigenvalue weighted by Crippen LogP contribution is -2.43. The van der Waals surface area contributed by atoms with Gasteiger partial charge in [0, 0.05) is 26.1 Å². The Morgan fingerprint density at radius 3 is 2.52 bits per heavy atom. The average molecular weight is 360 g/mol. The highest BCUT2D eigenvalue weighted by atomic mass is 79.9. The Hall–Kier alpha value is -0.390. The predicted octanol–water partition coefficient (Wildman–Crippen LogP) is 3.70. The molecule has 0 amide bonds. The molecule has 0 bridgehead atoms. The number of nitrogens with one attached hydrogen (secondary N) is 1. The summed E-state index contributed by atoms with van der Waals surface area (Å²) in [5.41, 5.74) is 2.33. The Labute approximate surface area is 137 Å². The highest BCUT2D eigenvalue weighted by Gasteiger charge is 2.24. The standard InChI is InChI=1S/C16H30BrN3O/c1-6-9-15(21-5)13(18-10-7-2)11-14-16(17)12(4)19-20(14)8-3/h13,15,18H,6-11H2,1-5H3. The second-order valence-corrected chi connectivity index (χ2v) is 6.28. The second-order valence-electron chi connectivity index (χ2n) is 5.49. The van der Waals surface area contributed by atoms with Gasteiger partial charge in [0.25, 0.3) is 0 Å². The third-order valence-electron chi connectivity index (χ3n) is 3.85. The van der Waals surface area contributed by atoms with Gasteiger partial charge in [0.1, 0.15) is 0 Å². The van der Waals surface area contributed by atoms with E-state index in [1.165, 1.54) is 5.69 Å². The van der Waals surface area contributed by atoms with Gasteiger partial charge in [-0.2, -0.15) is 5.10 Å². The maximum atomic E-state index is 5.73. The number of methoxy groups -OCH3 is 1. The third kappa shape index (κ3) is 5.08. The summed E-state index contributed by atoms with van der Waals surface area (Å²) < 4.78 is 8.97. The quantitative estimate of drug-likeness (QED) is 0.692. The van der Waals surface area contributed by atoms with E-state index in [0.717, 1.165) is 48.9 Å². The topological polar surface area (TPSA) is 39.1 Å². The van der Waals surface area contributed by atoms with E-state index >= 15 is 0 Å². The van der Waals surface area contributed by atoms with Crippen LogP contribution in [-0.2, 0) is 17.7 Å². The molecule has 1 rings (SSSR count). The van der Waals surface area contributed by atoms with Gasteiger partial charge in [0.15, 0.2) is 0 Å². The lowest BCUT2D eigenvalue weighted by atomic mass is 10.0. The molecule has 21 heavy (non-hydrogen) atoms. The number of rotatable bonds is 10. The monoisotopic (exact) mass is 359 g/mol. The highest BCUT2D eigenvalue weighted by molar-refractivity contribution is 9.10. The zero-order valence-corrected chi connectivity index (χ0v) is 15.7. The van der Waals surface area contributed by atoms with Crippen LogP contribution in [-0.4, -0.2) is 35.6 Å². The fourth-order valence-electron chi connectivity index (χ4n) is 2.70. The molecule has 5 heteroatoms. The molecule has 0 aliphatic heterocycles. The van der Waals surface area contributed by atoms with Gasteiger partial charge >= 0.3 is 0 Å². The Morgan fingerprint density at radius 1 is 1.29 bits per heavy atom. The van der Waals surface area contributed by atoms with Crippen molar-refractivity contribution in [2.75, 3.05) is 13.7 Å². The Morgan fingerprint density at radius 2 is 2.00 bits per heavy atom. The summed E-state index contributed by atoms with van der Waals surface area (Å²) in [7, 11) is 1.82. The summed E-state index contributed by atoms with van der Waals surface area (Å²) in [6, 6.07) is 0.326. The smallest absolute Gasteiger partial charge is 0.0738 e. The number of aryl methyl sites for hydroxylation is 2. The zero-order valence-electron chi connectivity index (χ0n) is 14.1. The van der Waals surface area contributed by atoms with Crippen LogP contribution in [0, 0.1) is 6.92 Å². The van der Waals surface area contributed by atoms with E-state index in [4.69, 9.17) is 4.74 Å². The van der Waals surface area contributed by atoms with Crippen molar-refractivity contribution < 1.29 is 4.74 Å². The van der Waals surface area contributed by atoms with E-state index in [9.17, 15) is 0 Å². The van der Waals surface area contributed by atoms with Gasteiger partial charge in [0.05, 0.1) is 22.0 Å². The van der Waals surface area contributed by atoms with Crippen molar-refractivity contribution in [3.8, 4) is 0 Å². The molecule has 2 unspecified atom stereocenters. The fraction of sp³-hybridized carbons (Fsp3) is 0.812. The van der Waals surface area contributed by atoms with Crippen LogP contribution in [0.4, 0.5) is 0 Å². The predicted molar refractivity (Wildman–Crippen MR) is 91.8 cm³/mol. The van der Waals surface area contributed by atoms with Crippen LogP contribution in [0.2, 0.25) is 0 Å². The number of nitrogens with zero attached hydrogens (tertiary/aromatic N) is 2. The van der Waals surface area contributed by atoms with Crippen LogP contribution in [0.15, 0.2) is 4.47 Å². The van der Waals surface area contributed by atoms with Crippen LogP contribution in [0.5, 0.6) is 0 Å². The van der Waals surface area contributed by atoms with Gasteiger partial charge in [-0.25, -0.2) is 0 Å².